The summed E-state index contributed by atoms with van der Waals surface area (Å²) in [4.78, 5) is 12.8. The van der Waals surface area contributed by atoms with Crippen LogP contribution in [0.5, 0.6) is 0 Å². The van der Waals surface area contributed by atoms with Crippen LogP contribution in [0.15, 0.2) is 36.4 Å². The maximum absolute atomic E-state index is 12.8. The number of likely N-dealkylation sites (N-methyl/N-ethyl adjacent to an activating group) is 1. The number of carbonyl (C=O) groups excluding carboxylic acids is 1. The third-order valence-corrected chi connectivity index (χ3v) is 5.01. The van der Waals surface area contributed by atoms with Gasteiger partial charge in [0, 0.05) is 0 Å². The molecule has 1 saturated heterocycles. The number of hydrogen-bond donors (Lipinski definition) is 0. The fraction of sp³-hybridized carbons (Fsp3) is 0.571. The number of rotatable bonds is 9. The van der Waals surface area contributed by atoms with Crippen molar-refractivity contribution in [3.8, 4) is 0 Å². The normalized spacial score (nSPS) is 18.6. The Morgan fingerprint density at radius 2 is 1.92 bits per heavy atom. The Morgan fingerprint density at radius 1 is 1.21 bits per heavy atom. The molecule has 1 aliphatic heterocycles. The van der Waals surface area contributed by atoms with Crippen LogP contribution in [0, 0.1) is 5.92 Å². The van der Waals surface area contributed by atoms with E-state index < -0.39 is 0 Å². The predicted molar refractivity (Wildman–Crippen MR) is 99.7 cm³/mol. The minimum Gasteiger partial charge on any atom is -0.370 e. The van der Waals surface area contributed by atoms with E-state index in [1.165, 1.54) is 12.8 Å². The molecule has 132 valence electrons. The number of quaternary nitrogens is 1. The Balaban J connectivity index is 2.00. The van der Waals surface area contributed by atoms with Gasteiger partial charge in [0.15, 0.2) is 5.78 Å². The van der Waals surface area contributed by atoms with Gasteiger partial charge in [-0.1, -0.05) is 62.6 Å². The van der Waals surface area contributed by atoms with Crippen LogP contribution in [0.2, 0.25) is 0 Å². The maximum atomic E-state index is 12.8. The topological polar surface area (TPSA) is 26.3 Å². The molecule has 0 unspecified atom stereocenters. The van der Waals surface area contributed by atoms with E-state index in [-0.39, 0.29) is 11.7 Å². The molecule has 1 aliphatic rings. The predicted octanol–water partition coefficient (Wildman–Crippen LogP) is 3.94. The number of unbranched alkanes of at least 4 members (excludes halogenated alkanes) is 2. The van der Waals surface area contributed by atoms with E-state index in [0.717, 1.165) is 55.7 Å². The molecule has 3 nitrogen and oxygen atoms in total. The highest BCUT2D eigenvalue weighted by Crippen LogP contribution is 2.19. The van der Waals surface area contributed by atoms with Gasteiger partial charge in [0.25, 0.3) is 0 Å². The molecule has 1 aromatic carbocycles. The summed E-state index contributed by atoms with van der Waals surface area (Å²) < 4.78 is 6.46. The molecular weight excluding hydrogens is 298 g/mol. The van der Waals surface area contributed by atoms with Crippen molar-refractivity contribution < 1.29 is 14.0 Å². The van der Waals surface area contributed by atoms with E-state index in [9.17, 15) is 4.79 Å². The van der Waals surface area contributed by atoms with Crippen LogP contribution in [0.4, 0.5) is 0 Å². The largest absolute Gasteiger partial charge is 0.370 e. The highest BCUT2D eigenvalue weighted by atomic mass is 16.5. The first-order valence-electron chi connectivity index (χ1n) is 9.31. The molecule has 1 heterocycles. The monoisotopic (exact) mass is 330 g/mol. The van der Waals surface area contributed by atoms with Crippen molar-refractivity contribution in [2.75, 3.05) is 39.9 Å². The number of benzene rings is 1. The van der Waals surface area contributed by atoms with Crippen molar-refractivity contribution in [3.63, 3.8) is 0 Å². The fourth-order valence-electron chi connectivity index (χ4n) is 3.34. The number of allylic oxidation sites excluding steroid dienone is 1. The van der Waals surface area contributed by atoms with Gasteiger partial charge >= 0.3 is 0 Å². The Labute approximate surface area is 146 Å². The average molecular weight is 330 g/mol. The lowest BCUT2D eigenvalue weighted by molar-refractivity contribution is -0.919. The van der Waals surface area contributed by atoms with E-state index in [0.29, 0.717) is 0 Å². The van der Waals surface area contributed by atoms with E-state index in [1.54, 1.807) is 6.08 Å². The highest BCUT2D eigenvalue weighted by Gasteiger charge is 2.31. The first-order valence-corrected chi connectivity index (χ1v) is 9.31. The lowest BCUT2D eigenvalue weighted by Crippen LogP contribution is -2.54. The second kappa shape index (κ2) is 9.75. The summed E-state index contributed by atoms with van der Waals surface area (Å²) in [6.45, 7) is 6.80. The maximum Gasteiger partial charge on any atom is 0.164 e. The zero-order valence-corrected chi connectivity index (χ0v) is 15.2. The van der Waals surface area contributed by atoms with Crippen molar-refractivity contribution in [1.29, 1.82) is 0 Å². The van der Waals surface area contributed by atoms with Crippen molar-refractivity contribution in [2.45, 2.75) is 32.6 Å². The molecule has 2 rings (SSSR count). The molecule has 0 aromatic heterocycles. The first kappa shape index (κ1) is 18.9. The summed E-state index contributed by atoms with van der Waals surface area (Å²) in [6, 6.07) is 10.1. The van der Waals surface area contributed by atoms with Gasteiger partial charge in [0.2, 0.25) is 0 Å². The van der Waals surface area contributed by atoms with Gasteiger partial charge in [-0.15, -0.1) is 0 Å². The summed E-state index contributed by atoms with van der Waals surface area (Å²) in [5.41, 5.74) is 1.09. The lowest BCUT2D eigenvalue weighted by Gasteiger charge is -2.39. The fourth-order valence-corrected chi connectivity index (χ4v) is 3.34. The standard InChI is InChI=1S/C21H32NO2/c1-3-4-6-11-20(18-22(2)14-16-24-17-15-22)21(23)13-12-19-9-7-5-8-10-19/h5,7-10,12-13,20H,3-4,6,11,14-18H2,1-2H3/q+1/b13-12+/t20-/m1/s1. The zero-order chi connectivity index (χ0) is 17.3. The molecule has 0 aliphatic carbocycles. The minimum absolute atomic E-state index is 0.125. The molecule has 0 amide bonds. The van der Waals surface area contributed by atoms with E-state index in [2.05, 4.69) is 14.0 Å². The molecule has 0 saturated carbocycles. The van der Waals surface area contributed by atoms with Crippen LogP contribution in [0.25, 0.3) is 6.08 Å². The molecule has 1 aromatic rings. The van der Waals surface area contributed by atoms with Gasteiger partial charge in [-0.05, 0) is 18.1 Å². The molecule has 24 heavy (non-hydrogen) atoms. The van der Waals surface area contributed by atoms with Gasteiger partial charge in [0.1, 0.15) is 13.1 Å². The zero-order valence-electron chi connectivity index (χ0n) is 15.2. The average Bonchev–Trinajstić information content (AvgIpc) is 2.60. The second-order valence-corrected chi connectivity index (χ2v) is 7.20. The Bertz CT molecular complexity index is 518. The number of hydrogen-bond acceptors (Lipinski definition) is 2. The first-order chi connectivity index (χ1) is 11.6. The highest BCUT2D eigenvalue weighted by molar-refractivity contribution is 5.95. The number of carbonyl (C=O) groups is 1. The van der Waals surface area contributed by atoms with Gasteiger partial charge in [-0.3, -0.25) is 4.79 Å². The van der Waals surface area contributed by atoms with Crippen molar-refractivity contribution >= 4 is 11.9 Å². The molecule has 0 bridgehead atoms. The summed E-state index contributed by atoms with van der Waals surface area (Å²) in [6.07, 6.45) is 8.29. The van der Waals surface area contributed by atoms with Gasteiger partial charge < -0.3 is 9.22 Å². The van der Waals surface area contributed by atoms with Gasteiger partial charge in [-0.25, -0.2) is 0 Å². The Morgan fingerprint density at radius 3 is 2.58 bits per heavy atom. The van der Waals surface area contributed by atoms with Gasteiger partial charge in [0.05, 0.1) is 32.7 Å². The second-order valence-electron chi connectivity index (χ2n) is 7.20. The smallest absolute Gasteiger partial charge is 0.164 e. The molecule has 0 radical (unpaired) electrons. The van der Waals surface area contributed by atoms with Crippen LogP contribution in [0.1, 0.15) is 38.2 Å². The number of ketones is 1. The minimum atomic E-state index is 0.125. The lowest BCUT2D eigenvalue weighted by atomic mass is 9.94. The summed E-state index contributed by atoms with van der Waals surface area (Å²) >= 11 is 0. The molecule has 1 fully saturated rings. The van der Waals surface area contributed by atoms with Crippen LogP contribution in [0.3, 0.4) is 0 Å². The number of morpholine rings is 1. The molecule has 0 spiro atoms. The quantitative estimate of drug-likeness (QED) is 0.389. The van der Waals surface area contributed by atoms with Crippen LogP contribution >= 0.6 is 0 Å². The molecule has 1 atom stereocenters. The number of ether oxygens (including phenoxy) is 1. The molecule has 0 N–H and O–H groups in total. The van der Waals surface area contributed by atoms with Crippen molar-refractivity contribution in [3.05, 3.63) is 42.0 Å². The Kier molecular flexibility index (Phi) is 7.67. The van der Waals surface area contributed by atoms with E-state index in [4.69, 9.17) is 4.74 Å². The molecular formula is C21H32NO2+. The van der Waals surface area contributed by atoms with Gasteiger partial charge in [-0.2, -0.15) is 0 Å². The van der Waals surface area contributed by atoms with E-state index in [1.807, 2.05) is 36.4 Å². The van der Waals surface area contributed by atoms with E-state index >= 15 is 0 Å². The SMILES string of the molecule is CCCCC[C@H](C[N+]1(C)CCOCC1)C(=O)/C=C/c1ccccc1. The van der Waals surface area contributed by atoms with Crippen LogP contribution < -0.4 is 0 Å². The summed E-state index contributed by atoms with van der Waals surface area (Å²) in [5, 5.41) is 0. The van der Waals surface area contributed by atoms with Crippen molar-refractivity contribution in [1.82, 2.24) is 0 Å². The third kappa shape index (κ3) is 6.21. The molecule has 3 heteroatoms. The third-order valence-electron chi connectivity index (χ3n) is 5.01. The van der Waals surface area contributed by atoms with Crippen LogP contribution in [-0.4, -0.2) is 50.2 Å². The Hall–Kier alpha value is -1.45. The summed E-state index contributed by atoms with van der Waals surface area (Å²) in [7, 11) is 2.27. The summed E-state index contributed by atoms with van der Waals surface area (Å²) in [5.74, 6) is 0.403. The van der Waals surface area contributed by atoms with Crippen molar-refractivity contribution in [2.24, 2.45) is 5.92 Å². The van der Waals surface area contributed by atoms with Crippen LogP contribution in [-0.2, 0) is 9.53 Å². The number of nitrogens with zero attached hydrogens (tertiary/aromatic N) is 1.